The number of aryl methyl sites for hydroxylation is 1. The molecule has 1 aromatic heterocycles. The van der Waals surface area contributed by atoms with Crippen LogP contribution in [0, 0.1) is 17.0 Å². The summed E-state index contributed by atoms with van der Waals surface area (Å²) in [4.78, 5) is 17.6. The van der Waals surface area contributed by atoms with E-state index in [1.807, 2.05) is 0 Å². The van der Waals surface area contributed by atoms with Crippen LogP contribution in [-0.4, -0.2) is 21.4 Å². The van der Waals surface area contributed by atoms with Crippen molar-refractivity contribution in [1.82, 2.24) is 9.97 Å². The first-order valence-electron chi connectivity index (χ1n) is 3.58. The molecule has 0 aliphatic heterocycles. The third-order valence-electron chi connectivity index (χ3n) is 1.51. The molecule has 0 fully saturated rings. The summed E-state index contributed by atoms with van der Waals surface area (Å²) in [5.74, 6) is 0. The third-order valence-corrected chi connectivity index (χ3v) is 1.51. The molecule has 5 nitrogen and oxygen atoms in total. The standard InChI is InChI=1S/C7H9N3O2/c1-6-7(2-5-10(11)12)9-4-3-8-6/h3-4H,2,5H2,1H3. The van der Waals surface area contributed by atoms with Crippen LogP contribution in [0.25, 0.3) is 0 Å². The van der Waals surface area contributed by atoms with Gasteiger partial charge in [0.2, 0.25) is 6.54 Å². The van der Waals surface area contributed by atoms with E-state index in [2.05, 4.69) is 9.97 Å². The van der Waals surface area contributed by atoms with Gasteiger partial charge in [0.05, 0.1) is 17.8 Å². The van der Waals surface area contributed by atoms with Gasteiger partial charge >= 0.3 is 0 Å². The molecule has 0 bridgehead atoms. The fourth-order valence-electron chi connectivity index (χ4n) is 0.879. The second kappa shape index (κ2) is 3.75. The highest BCUT2D eigenvalue weighted by Crippen LogP contribution is 1.99. The Balaban J connectivity index is 2.63. The van der Waals surface area contributed by atoms with E-state index >= 15 is 0 Å². The highest BCUT2D eigenvalue weighted by atomic mass is 16.6. The molecule has 0 aliphatic carbocycles. The van der Waals surface area contributed by atoms with Crippen molar-refractivity contribution >= 4 is 0 Å². The normalized spacial score (nSPS) is 9.75. The summed E-state index contributed by atoms with van der Waals surface area (Å²) < 4.78 is 0. The number of nitro groups is 1. The van der Waals surface area contributed by atoms with Crippen molar-refractivity contribution in [2.24, 2.45) is 0 Å². The summed E-state index contributed by atoms with van der Waals surface area (Å²) in [6.45, 7) is 1.71. The molecular weight excluding hydrogens is 158 g/mol. The lowest BCUT2D eigenvalue weighted by Crippen LogP contribution is -2.07. The minimum absolute atomic E-state index is 0.0838. The maximum absolute atomic E-state index is 10.0. The summed E-state index contributed by atoms with van der Waals surface area (Å²) in [6, 6.07) is 0. The van der Waals surface area contributed by atoms with E-state index in [1.165, 1.54) is 0 Å². The van der Waals surface area contributed by atoms with Crippen LogP contribution in [0.5, 0.6) is 0 Å². The quantitative estimate of drug-likeness (QED) is 0.488. The predicted molar refractivity (Wildman–Crippen MR) is 42.3 cm³/mol. The molecule has 0 N–H and O–H groups in total. The number of hydrogen-bond acceptors (Lipinski definition) is 4. The van der Waals surface area contributed by atoms with Crippen molar-refractivity contribution in [3.05, 3.63) is 33.9 Å². The summed E-state index contributed by atoms with van der Waals surface area (Å²) in [7, 11) is 0. The molecule has 1 heterocycles. The van der Waals surface area contributed by atoms with Gasteiger partial charge in [-0.15, -0.1) is 0 Å². The lowest BCUT2D eigenvalue weighted by Gasteiger charge is -1.98. The molecule has 0 amide bonds. The molecule has 0 saturated heterocycles. The Labute approximate surface area is 69.6 Å². The lowest BCUT2D eigenvalue weighted by atomic mass is 10.2. The Bertz CT molecular complexity index is 288. The molecule has 0 spiro atoms. The first kappa shape index (κ1) is 8.58. The number of rotatable bonds is 3. The van der Waals surface area contributed by atoms with Crippen molar-refractivity contribution < 1.29 is 4.92 Å². The molecule has 0 unspecified atom stereocenters. The van der Waals surface area contributed by atoms with E-state index in [0.717, 1.165) is 5.69 Å². The molecule has 0 atom stereocenters. The van der Waals surface area contributed by atoms with Crippen LogP contribution < -0.4 is 0 Å². The van der Waals surface area contributed by atoms with E-state index in [1.54, 1.807) is 19.3 Å². The number of hydrogen-bond donors (Lipinski definition) is 0. The van der Waals surface area contributed by atoms with Crippen molar-refractivity contribution in [2.75, 3.05) is 6.54 Å². The van der Waals surface area contributed by atoms with Gasteiger partial charge in [0.25, 0.3) is 0 Å². The predicted octanol–water partition coefficient (Wildman–Crippen LogP) is 0.604. The molecule has 5 heteroatoms. The number of aromatic nitrogens is 2. The number of nitrogens with zero attached hydrogens (tertiary/aromatic N) is 3. The van der Waals surface area contributed by atoms with Crippen molar-refractivity contribution in [2.45, 2.75) is 13.3 Å². The van der Waals surface area contributed by atoms with E-state index in [0.29, 0.717) is 12.1 Å². The summed E-state index contributed by atoms with van der Waals surface area (Å²) >= 11 is 0. The first-order chi connectivity index (χ1) is 5.70. The van der Waals surface area contributed by atoms with Gasteiger partial charge in [-0.05, 0) is 6.92 Å². The molecule has 0 saturated carbocycles. The minimum Gasteiger partial charge on any atom is -0.265 e. The van der Waals surface area contributed by atoms with E-state index in [-0.39, 0.29) is 11.5 Å². The van der Waals surface area contributed by atoms with Crippen LogP contribution in [0.1, 0.15) is 11.4 Å². The van der Waals surface area contributed by atoms with Gasteiger partial charge in [-0.3, -0.25) is 20.1 Å². The Morgan fingerprint density at radius 3 is 2.75 bits per heavy atom. The van der Waals surface area contributed by atoms with Gasteiger partial charge in [0.1, 0.15) is 0 Å². The van der Waals surface area contributed by atoms with Crippen LogP contribution in [0.15, 0.2) is 12.4 Å². The van der Waals surface area contributed by atoms with Crippen LogP contribution in [0.4, 0.5) is 0 Å². The average Bonchev–Trinajstić information content (AvgIpc) is 2.03. The molecule has 12 heavy (non-hydrogen) atoms. The minimum atomic E-state index is -0.353. The second-order valence-corrected chi connectivity index (χ2v) is 2.39. The molecule has 1 aromatic rings. The summed E-state index contributed by atoms with van der Waals surface area (Å²) in [5.41, 5.74) is 1.47. The van der Waals surface area contributed by atoms with Crippen LogP contribution in [0.2, 0.25) is 0 Å². The summed E-state index contributed by atoms with van der Waals surface area (Å²) in [6.07, 6.45) is 3.47. The van der Waals surface area contributed by atoms with Gasteiger partial charge < -0.3 is 0 Å². The Hall–Kier alpha value is -1.52. The Morgan fingerprint density at radius 2 is 2.17 bits per heavy atom. The SMILES string of the molecule is Cc1nccnc1CC[N+](=O)[O-]. The van der Waals surface area contributed by atoms with Gasteiger partial charge in [0.15, 0.2) is 0 Å². The van der Waals surface area contributed by atoms with E-state index < -0.39 is 0 Å². The smallest absolute Gasteiger partial charge is 0.209 e. The van der Waals surface area contributed by atoms with Gasteiger partial charge in [0, 0.05) is 17.3 Å². The fourth-order valence-corrected chi connectivity index (χ4v) is 0.879. The zero-order valence-electron chi connectivity index (χ0n) is 6.73. The maximum Gasteiger partial charge on any atom is 0.209 e. The zero-order valence-corrected chi connectivity index (χ0v) is 6.73. The van der Waals surface area contributed by atoms with Gasteiger partial charge in [-0.1, -0.05) is 0 Å². The molecule has 0 aromatic carbocycles. The molecule has 64 valence electrons. The highest BCUT2D eigenvalue weighted by molar-refractivity contribution is 5.07. The largest absolute Gasteiger partial charge is 0.265 e. The molecule has 0 radical (unpaired) electrons. The van der Waals surface area contributed by atoms with Crippen LogP contribution in [0.3, 0.4) is 0 Å². The Kier molecular flexibility index (Phi) is 2.68. The van der Waals surface area contributed by atoms with Crippen LogP contribution >= 0.6 is 0 Å². The van der Waals surface area contributed by atoms with Gasteiger partial charge in [-0.25, -0.2) is 0 Å². The van der Waals surface area contributed by atoms with E-state index in [9.17, 15) is 10.1 Å². The van der Waals surface area contributed by atoms with Crippen molar-refractivity contribution in [3.8, 4) is 0 Å². The third kappa shape index (κ3) is 2.26. The highest BCUT2D eigenvalue weighted by Gasteiger charge is 2.03. The Morgan fingerprint density at radius 1 is 1.50 bits per heavy atom. The molecule has 0 aliphatic rings. The summed E-state index contributed by atoms with van der Waals surface area (Å²) in [5, 5.41) is 10.0. The monoisotopic (exact) mass is 167 g/mol. The first-order valence-corrected chi connectivity index (χ1v) is 3.58. The molecular formula is C7H9N3O2. The van der Waals surface area contributed by atoms with Gasteiger partial charge in [-0.2, -0.15) is 0 Å². The lowest BCUT2D eigenvalue weighted by molar-refractivity contribution is -0.479. The average molecular weight is 167 g/mol. The zero-order chi connectivity index (χ0) is 8.97. The second-order valence-electron chi connectivity index (χ2n) is 2.39. The van der Waals surface area contributed by atoms with Crippen molar-refractivity contribution in [1.29, 1.82) is 0 Å². The van der Waals surface area contributed by atoms with E-state index in [4.69, 9.17) is 0 Å². The maximum atomic E-state index is 10.0. The topological polar surface area (TPSA) is 68.9 Å². The van der Waals surface area contributed by atoms with Crippen LogP contribution in [-0.2, 0) is 6.42 Å². The fraction of sp³-hybridized carbons (Fsp3) is 0.429. The van der Waals surface area contributed by atoms with Crippen molar-refractivity contribution in [3.63, 3.8) is 0 Å². The molecule has 1 rings (SSSR count).